The van der Waals surface area contributed by atoms with Crippen LogP contribution < -0.4 is 15.0 Å². The number of hydrogen-bond acceptors (Lipinski definition) is 5. The monoisotopic (exact) mass is 550 g/mol. The maximum absolute atomic E-state index is 15.2. The Bertz CT molecular complexity index is 1180. The molecule has 2 aromatic carbocycles. The van der Waals surface area contributed by atoms with Gasteiger partial charge in [0.25, 0.3) is 11.8 Å². The number of alkyl halides is 6. The van der Waals surface area contributed by atoms with E-state index in [0.29, 0.717) is 23.1 Å². The number of nitrogens with one attached hydrogen (secondary N) is 1. The molecule has 0 saturated heterocycles. The summed E-state index contributed by atoms with van der Waals surface area (Å²) >= 11 is 0. The van der Waals surface area contributed by atoms with E-state index in [0.717, 1.165) is 31.2 Å². The molecule has 38 heavy (non-hydrogen) atoms. The number of ether oxygens (including phenoxy) is 1. The van der Waals surface area contributed by atoms with Gasteiger partial charge in [0.05, 0.1) is 23.4 Å². The number of aliphatic hydroxyl groups is 2. The summed E-state index contributed by atoms with van der Waals surface area (Å²) in [6, 6.07) is 4.88. The molecule has 3 rings (SSSR count). The minimum atomic E-state index is -5.05. The molecule has 3 N–H and O–H groups in total. The number of allylic oxidation sites excluding steroid dienone is 1. The number of amides is 1. The zero-order valence-corrected chi connectivity index (χ0v) is 20.0. The van der Waals surface area contributed by atoms with Gasteiger partial charge in [0.2, 0.25) is 0 Å². The van der Waals surface area contributed by atoms with Crippen LogP contribution in [0.25, 0.3) is 5.57 Å². The molecule has 0 radical (unpaired) electrons. The van der Waals surface area contributed by atoms with Gasteiger partial charge in [0.1, 0.15) is 30.6 Å². The van der Waals surface area contributed by atoms with Crippen LogP contribution in [0, 0.1) is 5.82 Å². The number of hydrogen-bond donors (Lipinski definition) is 3. The van der Waals surface area contributed by atoms with Gasteiger partial charge in [0, 0.05) is 30.6 Å². The lowest BCUT2D eigenvalue weighted by Gasteiger charge is -2.25. The zero-order valence-electron chi connectivity index (χ0n) is 20.0. The first-order valence-corrected chi connectivity index (χ1v) is 11.5. The van der Waals surface area contributed by atoms with Crippen molar-refractivity contribution < 1.29 is 50.5 Å². The number of halogens is 7. The van der Waals surface area contributed by atoms with E-state index in [-0.39, 0.29) is 18.0 Å². The lowest BCUT2D eigenvalue weighted by Crippen LogP contribution is -2.34. The van der Waals surface area contributed by atoms with Crippen LogP contribution >= 0.6 is 0 Å². The van der Waals surface area contributed by atoms with Gasteiger partial charge in [-0.15, -0.1) is 0 Å². The zero-order chi connectivity index (χ0) is 28.3. The summed E-state index contributed by atoms with van der Waals surface area (Å²) in [6.07, 6.45) is -8.56. The maximum atomic E-state index is 15.2. The molecule has 1 aliphatic rings. The number of fused-ring (bicyclic) bond motifs is 1. The van der Waals surface area contributed by atoms with E-state index >= 15 is 8.78 Å². The van der Waals surface area contributed by atoms with E-state index in [4.69, 9.17) is 9.84 Å². The minimum absolute atomic E-state index is 0.151. The van der Waals surface area contributed by atoms with Crippen molar-refractivity contribution in [2.24, 2.45) is 0 Å². The molecule has 2 atom stereocenters. The number of carbonyl (C=O) groups is 1. The second-order valence-corrected chi connectivity index (χ2v) is 8.57. The third kappa shape index (κ3) is 6.83. The van der Waals surface area contributed by atoms with Gasteiger partial charge >= 0.3 is 6.18 Å². The molecule has 1 aliphatic heterocycles. The molecular formula is C25H25F7N2O4. The first-order valence-electron chi connectivity index (χ1n) is 11.5. The highest BCUT2D eigenvalue weighted by molar-refractivity contribution is 6.09. The summed E-state index contributed by atoms with van der Waals surface area (Å²) in [7, 11) is 0. The summed E-state index contributed by atoms with van der Waals surface area (Å²) in [6.45, 7) is -0.693. The Hall–Kier alpha value is -3.16. The van der Waals surface area contributed by atoms with E-state index in [1.54, 1.807) is 0 Å². The van der Waals surface area contributed by atoms with Crippen LogP contribution in [0.3, 0.4) is 0 Å². The van der Waals surface area contributed by atoms with Gasteiger partial charge in [-0.1, -0.05) is 0 Å². The largest absolute Gasteiger partial charge is 0.491 e. The smallest absolute Gasteiger partial charge is 0.417 e. The standard InChI is InChI=1S/C25H25F7N2O4/c1-14(26)13-38-16-3-4-17(20(11-16)25(30,31)32)23(37)34-8-6-24(28,29)19(12-22(36)33-7-9-35)18-10-15(27)2-5-21(18)34/h2-5,10-12,14,22,33,35-36H,6-9,13H2,1H3/b19-12-/t14-,22?/m1/s1. The first kappa shape index (κ1) is 29.4. The van der Waals surface area contributed by atoms with Crippen LogP contribution in [0.1, 0.15) is 34.8 Å². The third-order valence-corrected chi connectivity index (χ3v) is 5.62. The molecule has 0 saturated carbocycles. The lowest BCUT2D eigenvalue weighted by molar-refractivity contribution is -0.138. The number of nitrogens with zero attached hydrogens (tertiary/aromatic N) is 1. The Morgan fingerprint density at radius 1 is 1.24 bits per heavy atom. The number of aliphatic hydroxyl groups excluding tert-OH is 2. The quantitative estimate of drug-likeness (QED) is 0.332. The topological polar surface area (TPSA) is 82.0 Å². The molecule has 0 aromatic heterocycles. The summed E-state index contributed by atoms with van der Waals surface area (Å²) in [5.74, 6) is -6.31. The predicted octanol–water partition coefficient (Wildman–Crippen LogP) is 4.55. The molecule has 0 aliphatic carbocycles. The average molecular weight is 550 g/mol. The SMILES string of the molecule is C[C@@H](F)COc1ccc(C(=O)N2CCC(F)(F)/C(=C\C(O)NCCO)c3cc(F)ccc32)c(C(F)(F)F)c1. The number of benzene rings is 2. The normalized spacial score (nSPS) is 18.1. The molecule has 6 nitrogen and oxygen atoms in total. The highest BCUT2D eigenvalue weighted by atomic mass is 19.4. The van der Waals surface area contributed by atoms with Crippen molar-refractivity contribution in [2.75, 3.05) is 31.2 Å². The highest BCUT2D eigenvalue weighted by Crippen LogP contribution is 2.44. The molecule has 2 aromatic rings. The van der Waals surface area contributed by atoms with Gasteiger partial charge in [-0.2, -0.15) is 13.2 Å². The Labute approximate surface area is 213 Å². The van der Waals surface area contributed by atoms with E-state index < -0.39 is 84.7 Å². The minimum Gasteiger partial charge on any atom is -0.491 e. The van der Waals surface area contributed by atoms with Crippen molar-refractivity contribution in [3.8, 4) is 5.75 Å². The Kier molecular flexibility index (Phi) is 9.05. The second kappa shape index (κ2) is 11.7. The maximum Gasteiger partial charge on any atom is 0.417 e. The van der Waals surface area contributed by atoms with E-state index in [1.165, 1.54) is 0 Å². The van der Waals surface area contributed by atoms with Crippen molar-refractivity contribution in [1.82, 2.24) is 5.32 Å². The Morgan fingerprint density at radius 2 is 1.95 bits per heavy atom. The Morgan fingerprint density at radius 3 is 2.58 bits per heavy atom. The van der Waals surface area contributed by atoms with Crippen LogP contribution in [0.2, 0.25) is 0 Å². The fraction of sp³-hybridized carbons (Fsp3) is 0.400. The fourth-order valence-electron chi connectivity index (χ4n) is 3.91. The molecule has 208 valence electrons. The Balaban J connectivity index is 2.11. The molecule has 1 amide bonds. The second-order valence-electron chi connectivity index (χ2n) is 8.57. The predicted molar refractivity (Wildman–Crippen MR) is 124 cm³/mol. The molecule has 0 spiro atoms. The van der Waals surface area contributed by atoms with Crippen LogP contribution in [-0.2, 0) is 6.18 Å². The van der Waals surface area contributed by atoms with Crippen LogP contribution in [-0.4, -0.2) is 60.7 Å². The summed E-state index contributed by atoms with van der Waals surface area (Å²) in [5.41, 5.74) is -3.95. The molecule has 0 bridgehead atoms. The molecule has 1 unspecified atom stereocenters. The number of carbonyl (C=O) groups excluding carboxylic acids is 1. The van der Waals surface area contributed by atoms with Crippen LogP contribution in [0.5, 0.6) is 5.75 Å². The molecule has 13 heteroatoms. The van der Waals surface area contributed by atoms with Crippen molar-refractivity contribution >= 4 is 17.2 Å². The van der Waals surface area contributed by atoms with Crippen LogP contribution in [0.15, 0.2) is 42.5 Å². The van der Waals surface area contributed by atoms with Gasteiger partial charge in [-0.3, -0.25) is 10.1 Å². The van der Waals surface area contributed by atoms with Crippen molar-refractivity contribution in [1.29, 1.82) is 0 Å². The fourth-order valence-corrected chi connectivity index (χ4v) is 3.91. The molecule has 1 heterocycles. The van der Waals surface area contributed by atoms with Crippen molar-refractivity contribution in [3.63, 3.8) is 0 Å². The van der Waals surface area contributed by atoms with Gasteiger partial charge in [0.15, 0.2) is 0 Å². The van der Waals surface area contributed by atoms with Gasteiger partial charge in [-0.25, -0.2) is 17.6 Å². The van der Waals surface area contributed by atoms with E-state index in [9.17, 15) is 31.9 Å². The van der Waals surface area contributed by atoms with E-state index in [2.05, 4.69) is 5.32 Å². The van der Waals surface area contributed by atoms with E-state index in [1.807, 2.05) is 0 Å². The number of anilines is 1. The lowest BCUT2D eigenvalue weighted by atomic mass is 9.96. The van der Waals surface area contributed by atoms with Gasteiger partial charge < -0.3 is 19.8 Å². The van der Waals surface area contributed by atoms with Crippen molar-refractivity contribution in [3.05, 3.63) is 65.0 Å². The number of rotatable bonds is 8. The third-order valence-electron chi connectivity index (χ3n) is 5.62. The average Bonchev–Trinajstić information content (AvgIpc) is 2.94. The van der Waals surface area contributed by atoms with Crippen LogP contribution in [0.4, 0.5) is 36.4 Å². The summed E-state index contributed by atoms with van der Waals surface area (Å²) in [5, 5.41) is 21.3. The first-order chi connectivity index (χ1) is 17.7. The molecular weight excluding hydrogens is 525 g/mol. The van der Waals surface area contributed by atoms with Gasteiger partial charge in [-0.05, 0) is 49.4 Å². The summed E-state index contributed by atoms with van der Waals surface area (Å²) in [4.78, 5) is 14.1. The summed E-state index contributed by atoms with van der Waals surface area (Å²) < 4.78 is 104. The van der Waals surface area contributed by atoms with Crippen molar-refractivity contribution in [2.45, 2.75) is 37.8 Å². The molecule has 0 fully saturated rings. The highest BCUT2D eigenvalue weighted by Gasteiger charge is 2.43.